The van der Waals surface area contributed by atoms with Gasteiger partial charge in [0.2, 0.25) is 5.91 Å². The number of halogens is 2. The molecule has 2 fully saturated rings. The molecule has 0 spiro atoms. The molecule has 1 saturated carbocycles. The molecule has 1 aliphatic heterocycles. The van der Waals surface area contributed by atoms with E-state index in [4.69, 9.17) is 23.2 Å². The third-order valence-electron chi connectivity index (χ3n) is 5.18. The van der Waals surface area contributed by atoms with Crippen LogP contribution in [-0.4, -0.2) is 37.0 Å². The van der Waals surface area contributed by atoms with E-state index in [1.807, 2.05) is 35.2 Å². The molecule has 2 aliphatic rings. The first-order valence-corrected chi connectivity index (χ1v) is 9.43. The van der Waals surface area contributed by atoms with Gasteiger partial charge in [0.25, 0.3) is 0 Å². The molecule has 1 saturated heterocycles. The van der Waals surface area contributed by atoms with Crippen molar-refractivity contribution in [1.29, 1.82) is 0 Å². The van der Waals surface area contributed by atoms with Crippen LogP contribution in [0.5, 0.6) is 0 Å². The van der Waals surface area contributed by atoms with Gasteiger partial charge in [0.05, 0.1) is 10.7 Å². The maximum absolute atomic E-state index is 12.8. The van der Waals surface area contributed by atoms with Gasteiger partial charge in [-0.25, -0.2) is 0 Å². The summed E-state index contributed by atoms with van der Waals surface area (Å²) in [4.78, 5) is 17.0. The smallest absolute Gasteiger partial charge is 0.226 e. The normalized spacial score (nSPS) is 22.8. The Morgan fingerprint density at radius 3 is 2.36 bits per heavy atom. The number of hydrogen-bond donors (Lipinski definition) is 0. The molecule has 130 valence electrons. The zero-order valence-electron chi connectivity index (χ0n) is 13.9. The van der Waals surface area contributed by atoms with Crippen LogP contribution in [0.4, 0.5) is 5.69 Å². The molecule has 1 heterocycles. The van der Waals surface area contributed by atoms with Crippen molar-refractivity contribution in [2.24, 2.45) is 5.92 Å². The number of carbonyl (C=O) groups is 1. The molecule has 2 atom stereocenters. The largest absolute Gasteiger partial charge is 0.367 e. The average molecular weight is 375 g/mol. The molecule has 25 heavy (non-hydrogen) atoms. The molecule has 0 radical (unpaired) electrons. The summed E-state index contributed by atoms with van der Waals surface area (Å²) in [7, 11) is 0. The molecule has 3 nitrogen and oxygen atoms in total. The quantitative estimate of drug-likeness (QED) is 0.792. The standard InChI is InChI=1S/C20H20Cl2N2O/c21-15-6-7-19(18(22)12-15)23-8-10-24(11-9-23)20(25)17-13-16(17)14-4-2-1-3-5-14/h1-7,12,16-17H,8-11,13H2/t16-,17+/m0/s1. The molecule has 5 heteroatoms. The Balaban J connectivity index is 1.35. The monoisotopic (exact) mass is 374 g/mol. The van der Waals surface area contributed by atoms with E-state index in [0.717, 1.165) is 38.3 Å². The van der Waals surface area contributed by atoms with E-state index < -0.39 is 0 Å². The van der Waals surface area contributed by atoms with Crippen LogP contribution in [0.15, 0.2) is 48.5 Å². The van der Waals surface area contributed by atoms with Crippen LogP contribution in [-0.2, 0) is 4.79 Å². The minimum absolute atomic E-state index is 0.160. The number of carbonyl (C=O) groups excluding carboxylic acids is 1. The lowest BCUT2D eigenvalue weighted by molar-refractivity contribution is -0.132. The van der Waals surface area contributed by atoms with Gasteiger partial charge >= 0.3 is 0 Å². The Hall–Kier alpha value is -1.71. The van der Waals surface area contributed by atoms with Crippen LogP contribution in [0.3, 0.4) is 0 Å². The third-order valence-corrected chi connectivity index (χ3v) is 5.71. The summed E-state index contributed by atoms with van der Waals surface area (Å²) >= 11 is 12.3. The molecule has 0 bridgehead atoms. The van der Waals surface area contributed by atoms with E-state index in [9.17, 15) is 4.79 Å². The molecule has 0 unspecified atom stereocenters. The molecule has 1 amide bonds. The summed E-state index contributed by atoms with van der Waals surface area (Å²) in [6, 6.07) is 15.9. The van der Waals surface area contributed by atoms with E-state index in [1.165, 1.54) is 5.56 Å². The van der Waals surface area contributed by atoms with Crippen molar-refractivity contribution in [2.75, 3.05) is 31.1 Å². The summed E-state index contributed by atoms with van der Waals surface area (Å²) in [6.45, 7) is 3.09. The Morgan fingerprint density at radius 2 is 1.68 bits per heavy atom. The van der Waals surface area contributed by atoms with Crippen molar-refractivity contribution in [1.82, 2.24) is 4.90 Å². The van der Waals surface area contributed by atoms with Crippen LogP contribution in [0.25, 0.3) is 0 Å². The van der Waals surface area contributed by atoms with Gasteiger partial charge < -0.3 is 9.80 Å². The highest BCUT2D eigenvalue weighted by molar-refractivity contribution is 6.36. The molecular weight excluding hydrogens is 355 g/mol. The lowest BCUT2D eigenvalue weighted by atomic mass is 10.1. The predicted octanol–water partition coefficient (Wildman–Crippen LogP) is 4.45. The Morgan fingerprint density at radius 1 is 0.960 bits per heavy atom. The van der Waals surface area contributed by atoms with Gasteiger partial charge in [-0.3, -0.25) is 4.79 Å². The summed E-state index contributed by atoms with van der Waals surface area (Å²) in [5, 5.41) is 1.31. The molecule has 0 aromatic heterocycles. The van der Waals surface area contributed by atoms with Gasteiger partial charge in [0.15, 0.2) is 0 Å². The van der Waals surface area contributed by atoms with E-state index in [2.05, 4.69) is 17.0 Å². The zero-order valence-corrected chi connectivity index (χ0v) is 15.4. The number of anilines is 1. The minimum Gasteiger partial charge on any atom is -0.367 e. The fourth-order valence-corrected chi connectivity index (χ4v) is 4.20. The summed E-state index contributed by atoms with van der Waals surface area (Å²) in [5.41, 5.74) is 2.28. The van der Waals surface area contributed by atoms with E-state index in [-0.39, 0.29) is 5.92 Å². The highest BCUT2D eigenvalue weighted by Gasteiger charge is 2.46. The summed E-state index contributed by atoms with van der Waals surface area (Å²) < 4.78 is 0. The number of hydrogen-bond acceptors (Lipinski definition) is 2. The SMILES string of the molecule is O=C([C@@H]1C[C@H]1c1ccccc1)N1CCN(c2ccc(Cl)cc2Cl)CC1. The van der Waals surface area contributed by atoms with Gasteiger partial charge in [-0.1, -0.05) is 53.5 Å². The van der Waals surface area contributed by atoms with Crippen molar-refractivity contribution in [3.8, 4) is 0 Å². The van der Waals surface area contributed by atoms with Crippen molar-refractivity contribution in [2.45, 2.75) is 12.3 Å². The van der Waals surface area contributed by atoms with E-state index >= 15 is 0 Å². The topological polar surface area (TPSA) is 23.6 Å². The fraction of sp³-hybridized carbons (Fsp3) is 0.350. The third kappa shape index (κ3) is 3.49. The maximum atomic E-state index is 12.8. The maximum Gasteiger partial charge on any atom is 0.226 e. The zero-order chi connectivity index (χ0) is 17.4. The van der Waals surface area contributed by atoms with Crippen LogP contribution < -0.4 is 4.90 Å². The second-order valence-corrected chi connectivity index (χ2v) is 7.61. The molecule has 0 N–H and O–H groups in total. The summed E-state index contributed by atoms with van der Waals surface area (Å²) in [6.07, 6.45) is 0.978. The van der Waals surface area contributed by atoms with Crippen LogP contribution in [0, 0.1) is 5.92 Å². The Bertz CT molecular complexity index is 773. The van der Waals surface area contributed by atoms with Crippen molar-refractivity contribution in [3.05, 3.63) is 64.1 Å². The van der Waals surface area contributed by atoms with Crippen molar-refractivity contribution < 1.29 is 4.79 Å². The highest BCUT2D eigenvalue weighted by atomic mass is 35.5. The Labute approximate surface area is 158 Å². The van der Waals surface area contributed by atoms with Crippen LogP contribution in [0.2, 0.25) is 10.0 Å². The number of piperazine rings is 1. The predicted molar refractivity (Wildman–Crippen MR) is 103 cm³/mol. The first-order valence-electron chi connectivity index (χ1n) is 8.67. The van der Waals surface area contributed by atoms with E-state index in [1.54, 1.807) is 6.07 Å². The lowest BCUT2D eigenvalue weighted by Gasteiger charge is -2.36. The number of nitrogens with zero attached hydrogens (tertiary/aromatic N) is 2. The average Bonchev–Trinajstić information content (AvgIpc) is 3.43. The molecular formula is C20H20Cl2N2O. The number of benzene rings is 2. The van der Waals surface area contributed by atoms with Crippen molar-refractivity contribution >= 4 is 34.8 Å². The highest BCUT2D eigenvalue weighted by Crippen LogP contribution is 2.48. The molecule has 1 aliphatic carbocycles. The first kappa shape index (κ1) is 16.7. The molecule has 2 aromatic carbocycles. The molecule has 4 rings (SSSR count). The van der Waals surface area contributed by atoms with Crippen LogP contribution in [0.1, 0.15) is 17.9 Å². The van der Waals surface area contributed by atoms with Gasteiger partial charge in [-0.05, 0) is 36.1 Å². The van der Waals surface area contributed by atoms with Gasteiger partial charge in [0, 0.05) is 37.1 Å². The number of rotatable bonds is 3. The minimum atomic E-state index is 0.160. The van der Waals surface area contributed by atoms with Gasteiger partial charge in [-0.15, -0.1) is 0 Å². The van der Waals surface area contributed by atoms with Gasteiger partial charge in [0.1, 0.15) is 0 Å². The summed E-state index contributed by atoms with van der Waals surface area (Å²) in [5.74, 6) is 0.862. The first-order chi connectivity index (χ1) is 12.1. The molecule has 2 aromatic rings. The second kappa shape index (κ2) is 6.89. The van der Waals surface area contributed by atoms with Crippen LogP contribution >= 0.6 is 23.2 Å². The number of amides is 1. The van der Waals surface area contributed by atoms with E-state index in [0.29, 0.717) is 21.9 Å². The Kier molecular flexibility index (Phi) is 4.61. The van der Waals surface area contributed by atoms with Crippen molar-refractivity contribution in [3.63, 3.8) is 0 Å². The lowest BCUT2D eigenvalue weighted by Crippen LogP contribution is -2.49. The fourth-order valence-electron chi connectivity index (χ4n) is 3.68. The van der Waals surface area contributed by atoms with Gasteiger partial charge in [-0.2, -0.15) is 0 Å². The second-order valence-electron chi connectivity index (χ2n) is 6.77.